The first kappa shape index (κ1) is 23.3. The van der Waals surface area contributed by atoms with Gasteiger partial charge in [0.05, 0.1) is 34.6 Å². The Morgan fingerprint density at radius 2 is 2.03 bits per heavy atom. The quantitative estimate of drug-likeness (QED) is 0.459. The number of rotatable bonds is 7. The van der Waals surface area contributed by atoms with Gasteiger partial charge < -0.3 is 25.0 Å². The SMILES string of the molecule is CC(C)c1nnc2c(Nc3ccc(Cl)c(C(=O)O)c3)nc(N3CCCC3CO)n(C(C)C)c1-2. The molecular weight excluding hydrogens is 444 g/mol. The largest absolute Gasteiger partial charge is 0.478 e. The van der Waals surface area contributed by atoms with Crippen LogP contribution in [-0.4, -0.2) is 55.1 Å². The number of carbonyl (C=O) groups is 1. The Morgan fingerprint density at radius 1 is 1.27 bits per heavy atom. The lowest BCUT2D eigenvalue weighted by Gasteiger charge is -2.31. The number of aliphatic hydroxyl groups excluding tert-OH is 1. The molecule has 1 atom stereocenters. The summed E-state index contributed by atoms with van der Waals surface area (Å²) in [6.45, 7) is 9.18. The molecule has 1 aromatic carbocycles. The number of halogens is 1. The van der Waals surface area contributed by atoms with E-state index in [0.29, 0.717) is 17.2 Å². The zero-order chi connectivity index (χ0) is 23.9. The van der Waals surface area contributed by atoms with Crippen molar-refractivity contribution in [2.75, 3.05) is 23.4 Å². The smallest absolute Gasteiger partial charge is 0.337 e. The van der Waals surface area contributed by atoms with Gasteiger partial charge in [-0.25, -0.2) is 4.79 Å². The van der Waals surface area contributed by atoms with Crippen LogP contribution in [0.15, 0.2) is 18.2 Å². The van der Waals surface area contributed by atoms with Crippen LogP contribution < -0.4 is 10.2 Å². The molecule has 0 spiro atoms. The molecule has 4 rings (SSSR count). The maximum atomic E-state index is 11.6. The van der Waals surface area contributed by atoms with Gasteiger partial charge in [0.1, 0.15) is 0 Å². The number of nitrogens with one attached hydrogen (secondary N) is 1. The number of carboxylic acids is 1. The Balaban J connectivity index is 1.92. The number of aromatic nitrogens is 4. The molecule has 0 radical (unpaired) electrons. The Bertz CT molecular complexity index is 1150. The monoisotopic (exact) mass is 472 g/mol. The van der Waals surface area contributed by atoms with Gasteiger partial charge in [0.2, 0.25) is 5.95 Å². The fourth-order valence-corrected chi connectivity index (χ4v) is 4.58. The number of benzene rings is 1. The topological polar surface area (TPSA) is 116 Å². The predicted molar refractivity (Wildman–Crippen MR) is 128 cm³/mol. The molecule has 9 nitrogen and oxygen atoms in total. The highest BCUT2D eigenvalue weighted by molar-refractivity contribution is 6.33. The highest BCUT2D eigenvalue weighted by Gasteiger charge is 2.33. The van der Waals surface area contributed by atoms with E-state index in [0.717, 1.165) is 36.7 Å². The summed E-state index contributed by atoms with van der Waals surface area (Å²) in [5, 5.41) is 31.8. The molecule has 3 aliphatic heterocycles. The van der Waals surface area contributed by atoms with Gasteiger partial charge in [0.25, 0.3) is 0 Å². The summed E-state index contributed by atoms with van der Waals surface area (Å²) in [7, 11) is 0. The summed E-state index contributed by atoms with van der Waals surface area (Å²) in [6.07, 6.45) is 1.87. The molecule has 3 heterocycles. The minimum atomic E-state index is -1.11. The molecule has 10 heteroatoms. The summed E-state index contributed by atoms with van der Waals surface area (Å²) in [6, 6.07) is 4.80. The Hall–Kier alpha value is -2.91. The number of hydrogen-bond donors (Lipinski definition) is 3. The summed E-state index contributed by atoms with van der Waals surface area (Å²) in [4.78, 5) is 18.6. The number of anilines is 3. The van der Waals surface area contributed by atoms with Gasteiger partial charge in [-0.1, -0.05) is 25.4 Å². The Labute approximate surface area is 197 Å². The lowest BCUT2D eigenvalue weighted by atomic mass is 10.1. The average molecular weight is 473 g/mol. The molecule has 0 amide bonds. The summed E-state index contributed by atoms with van der Waals surface area (Å²) in [5.74, 6) is 0.259. The number of hydrogen-bond acceptors (Lipinski definition) is 7. The molecule has 1 saturated heterocycles. The van der Waals surface area contributed by atoms with Crippen molar-refractivity contribution < 1.29 is 15.0 Å². The molecule has 0 bridgehead atoms. The lowest BCUT2D eigenvalue weighted by Crippen LogP contribution is -2.36. The van der Waals surface area contributed by atoms with Crippen LogP contribution in [0.1, 0.15) is 68.5 Å². The van der Waals surface area contributed by atoms with Crippen molar-refractivity contribution in [2.24, 2.45) is 0 Å². The molecule has 0 saturated carbocycles. The molecule has 0 aliphatic carbocycles. The van der Waals surface area contributed by atoms with E-state index in [4.69, 9.17) is 16.6 Å². The van der Waals surface area contributed by atoms with Crippen LogP contribution in [0.25, 0.3) is 11.4 Å². The van der Waals surface area contributed by atoms with E-state index in [-0.39, 0.29) is 35.2 Å². The Morgan fingerprint density at radius 3 is 2.67 bits per heavy atom. The number of fused-ring (bicyclic) bond motifs is 1. The second-order valence-electron chi connectivity index (χ2n) is 8.96. The molecule has 1 unspecified atom stereocenters. The van der Waals surface area contributed by atoms with Crippen LogP contribution in [0.4, 0.5) is 17.5 Å². The van der Waals surface area contributed by atoms with E-state index < -0.39 is 5.97 Å². The molecular formula is C23H29ClN6O3. The number of aliphatic hydroxyl groups is 1. The summed E-state index contributed by atoms with van der Waals surface area (Å²) < 4.78 is 2.15. The minimum Gasteiger partial charge on any atom is -0.478 e. The van der Waals surface area contributed by atoms with Crippen molar-refractivity contribution in [3.63, 3.8) is 0 Å². The van der Waals surface area contributed by atoms with Gasteiger partial charge in [-0.05, 0) is 50.8 Å². The fourth-order valence-electron chi connectivity index (χ4n) is 4.38. The second kappa shape index (κ2) is 9.15. The second-order valence-corrected chi connectivity index (χ2v) is 9.37. The molecule has 1 fully saturated rings. The van der Waals surface area contributed by atoms with Gasteiger partial charge in [-0.2, -0.15) is 10.1 Å². The van der Waals surface area contributed by atoms with Crippen molar-refractivity contribution in [3.05, 3.63) is 34.5 Å². The third kappa shape index (κ3) is 4.22. The van der Waals surface area contributed by atoms with Crippen molar-refractivity contribution in [2.45, 2.75) is 58.5 Å². The molecule has 176 valence electrons. The first-order valence-electron chi connectivity index (χ1n) is 11.2. The van der Waals surface area contributed by atoms with Crippen LogP contribution >= 0.6 is 11.6 Å². The fraction of sp³-hybridized carbons (Fsp3) is 0.478. The first-order valence-corrected chi connectivity index (χ1v) is 11.6. The molecule has 33 heavy (non-hydrogen) atoms. The number of aromatic carboxylic acids is 1. The lowest BCUT2D eigenvalue weighted by molar-refractivity contribution is 0.0697. The zero-order valence-electron chi connectivity index (χ0n) is 19.2. The molecule has 3 N–H and O–H groups in total. The van der Waals surface area contributed by atoms with Gasteiger partial charge in [-0.3, -0.25) is 0 Å². The summed E-state index contributed by atoms with van der Waals surface area (Å²) in [5.41, 5.74) is 2.91. The molecule has 0 aromatic heterocycles. The van der Waals surface area contributed by atoms with Crippen molar-refractivity contribution in [1.82, 2.24) is 19.7 Å². The average Bonchev–Trinajstić information content (AvgIpc) is 3.41. The summed E-state index contributed by atoms with van der Waals surface area (Å²) >= 11 is 6.05. The van der Waals surface area contributed by atoms with Crippen molar-refractivity contribution in [1.29, 1.82) is 0 Å². The zero-order valence-corrected chi connectivity index (χ0v) is 20.0. The van der Waals surface area contributed by atoms with Crippen LogP contribution in [-0.2, 0) is 0 Å². The van der Waals surface area contributed by atoms with Crippen LogP contribution in [0, 0.1) is 0 Å². The maximum absolute atomic E-state index is 11.6. The van der Waals surface area contributed by atoms with Crippen molar-refractivity contribution >= 4 is 35.0 Å². The Kier molecular flexibility index (Phi) is 6.45. The third-order valence-electron chi connectivity index (χ3n) is 5.98. The highest BCUT2D eigenvalue weighted by Crippen LogP contribution is 2.40. The van der Waals surface area contributed by atoms with E-state index in [9.17, 15) is 15.0 Å². The standard InChI is InChI=1S/C23H29ClN6O3/c1-12(2)18-20-19(28-27-18)21(25-14-7-8-17(24)16(10-14)22(32)33)26-23(30(20)13(3)4)29-9-5-6-15(29)11-31/h7-8,10,12-13,15,25,31H,5-6,9,11H2,1-4H3,(H,32,33). The number of nitrogens with zero attached hydrogens (tertiary/aromatic N) is 5. The van der Waals surface area contributed by atoms with Gasteiger partial charge in [-0.15, -0.1) is 5.10 Å². The van der Waals surface area contributed by atoms with E-state index in [1.807, 2.05) is 0 Å². The maximum Gasteiger partial charge on any atom is 0.337 e. The predicted octanol–water partition coefficient (Wildman–Crippen LogP) is 4.54. The van der Waals surface area contributed by atoms with Gasteiger partial charge in [0.15, 0.2) is 11.5 Å². The number of carboxylic acid groups (broad SMARTS) is 1. The molecule has 3 aliphatic rings. The normalized spacial score (nSPS) is 16.4. The van der Waals surface area contributed by atoms with Crippen LogP contribution in [0.5, 0.6) is 0 Å². The third-order valence-corrected chi connectivity index (χ3v) is 6.31. The molecule has 1 aromatic rings. The van der Waals surface area contributed by atoms with Crippen LogP contribution in [0.2, 0.25) is 5.02 Å². The van der Waals surface area contributed by atoms with Crippen molar-refractivity contribution in [3.8, 4) is 11.4 Å². The van der Waals surface area contributed by atoms with Crippen LogP contribution in [0.3, 0.4) is 0 Å². The van der Waals surface area contributed by atoms with E-state index >= 15 is 0 Å². The van der Waals surface area contributed by atoms with Gasteiger partial charge in [0, 0.05) is 18.3 Å². The van der Waals surface area contributed by atoms with E-state index in [1.165, 1.54) is 6.07 Å². The first-order chi connectivity index (χ1) is 15.7. The van der Waals surface area contributed by atoms with Gasteiger partial charge >= 0.3 is 5.97 Å². The van der Waals surface area contributed by atoms with E-state index in [1.54, 1.807) is 12.1 Å². The minimum absolute atomic E-state index is 0.00246. The highest BCUT2D eigenvalue weighted by atomic mass is 35.5. The van der Waals surface area contributed by atoms with E-state index in [2.05, 4.69) is 52.7 Å².